The summed E-state index contributed by atoms with van der Waals surface area (Å²) in [5.41, 5.74) is -0.0190. The minimum Gasteiger partial charge on any atom is -0.505 e. The molecule has 0 fully saturated rings. The molecule has 4 rings (SSSR count). The molecule has 2 aliphatic heterocycles. The number of hydrogen-bond donors (Lipinski definition) is 1. The Morgan fingerprint density at radius 2 is 1.84 bits per heavy atom. The number of aliphatic hydroxyl groups is 1. The number of ketones is 1. The molecule has 0 unspecified atom stereocenters. The van der Waals surface area contributed by atoms with Crippen molar-refractivity contribution >= 4 is 21.6 Å². The molecule has 0 spiro atoms. The maximum absolute atomic E-state index is 12.9. The molecule has 2 aliphatic rings. The Hall–Kier alpha value is -3.00. The zero-order valence-electron chi connectivity index (χ0n) is 13.1. The predicted molar refractivity (Wildman–Crippen MR) is 87.8 cm³/mol. The van der Waals surface area contributed by atoms with Crippen LogP contribution in [0.5, 0.6) is 11.5 Å². The highest BCUT2D eigenvalue weighted by Gasteiger charge is 2.38. The predicted octanol–water partition coefficient (Wildman–Crippen LogP) is 2.16. The summed E-state index contributed by atoms with van der Waals surface area (Å²) in [6, 6.07) is 10.5. The van der Waals surface area contributed by atoms with Crippen LogP contribution in [0.1, 0.15) is 15.9 Å². The Morgan fingerprint density at radius 1 is 1.12 bits per heavy atom. The first-order valence-corrected chi connectivity index (χ1v) is 8.81. The fraction of sp³-hybridized carbons (Fsp3) is 0.118. The Morgan fingerprint density at radius 3 is 2.64 bits per heavy atom. The maximum Gasteiger partial charge on any atom is 0.265 e. The van der Waals surface area contributed by atoms with E-state index in [1.807, 2.05) is 0 Å². The molecule has 0 radical (unpaired) electrons. The average Bonchev–Trinajstić information content (AvgIpc) is 3.08. The van der Waals surface area contributed by atoms with Gasteiger partial charge in [-0.1, -0.05) is 12.1 Å². The summed E-state index contributed by atoms with van der Waals surface area (Å²) < 4.78 is 36.6. The molecule has 2 aromatic rings. The van der Waals surface area contributed by atoms with Crippen molar-refractivity contribution < 1.29 is 27.8 Å². The number of rotatable bonds is 2. The van der Waals surface area contributed by atoms with Crippen molar-refractivity contribution in [3.8, 4) is 11.5 Å². The summed E-state index contributed by atoms with van der Waals surface area (Å²) in [6.07, 6.45) is 0. The monoisotopic (exact) mass is 359 g/mol. The van der Waals surface area contributed by atoms with Crippen molar-refractivity contribution in [1.82, 2.24) is 4.31 Å². The fourth-order valence-electron chi connectivity index (χ4n) is 2.86. The number of carbonyl (C=O) groups excluding carboxylic acids is 1. The number of sulfonamides is 1. The molecule has 0 saturated carbocycles. The second kappa shape index (κ2) is 5.25. The normalized spacial score (nSPS) is 17.4. The topological polar surface area (TPSA) is 93.1 Å². The molecule has 2 heterocycles. The molecule has 0 aromatic heterocycles. The van der Waals surface area contributed by atoms with Crippen LogP contribution in [-0.4, -0.2) is 37.5 Å². The van der Waals surface area contributed by atoms with Gasteiger partial charge in [0.25, 0.3) is 10.0 Å². The van der Waals surface area contributed by atoms with E-state index in [9.17, 15) is 18.3 Å². The van der Waals surface area contributed by atoms with Crippen LogP contribution in [0.2, 0.25) is 0 Å². The molecule has 0 atom stereocenters. The summed E-state index contributed by atoms with van der Waals surface area (Å²) in [5.74, 6) is -0.107. The van der Waals surface area contributed by atoms with Gasteiger partial charge in [0.2, 0.25) is 12.6 Å². The molecule has 1 N–H and O–H groups in total. The van der Waals surface area contributed by atoms with Crippen LogP contribution in [0.25, 0.3) is 5.76 Å². The fourth-order valence-corrected chi connectivity index (χ4v) is 4.25. The SMILES string of the molecule is CN1C(C(=O)c2ccc3c(c2)OCO3)=C(O)c2ccccc2S1(=O)=O. The number of benzene rings is 2. The minimum absolute atomic E-state index is 0.0442. The molecule has 0 aliphatic carbocycles. The molecular weight excluding hydrogens is 346 g/mol. The summed E-state index contributed by atoms with van der Waals surface area (Å²) in [7, 11) is -2.69. The lowest BCUT2D eigenvalue weighted by Crippen LogP contribution is -2.35. The number of Topliss-reactive ketones (excluding diaryl/α,β-unsaturated/α-hetero) is 1. The van der Waals surface area contributed by atoms with E-state index in [0.717, 1.165) is 4.31 Å². The molecule has 0 amide bonds. The van der Waals surface area contributed by atoms with Gasteiger partial charge in [0, 0.05) is 18.2 Å². The largest absolute Gasteiger partial charge is 0.505 e. The number of ether oxygens (including phenoxy) is 2. The molecule has 8 heteroatoms. The average molecular weight is 359 g/mol. The van der Waals surface area contributed by atoms with E-state index in [1.165, 1.54) is 31.3 Å². The van der Waals surface area contributed by atoms with Crippen molar-refractivity contribution in [1.29, 1.82) is 0 Å². The van der Waals surface area contributed by atoms with E-state index < -0.39 is 15.8 Å². The summed E-state index contributed by atoms with van der Waals surface area (Å²) >= 11 is 0. The molecule has 25 heavy (non-hydrogen) atoms. The number of hydrogen-bond acceptors (Lipinski definition) is 6. The third-order valence-corrected chi connectivity index (χ3v) is 5.99. The Balaban J connectivity index is 1.88. The molecule has 7 nitrogen and oxygen atoms in total. The summed E-state index contributed by atoms with van der Waals surface area (Å²) in [4.78, 5) is 12.9. The number of carbonyl (C=O) groups is 1. The Labute approximate surface area is 143 Å². The maximum atomic E-state index is 12.9. The van der Waals surface area contributed by atoms with Gasteiger partial charge >= 0.3 is 0 Å². The summed E-state index contributed by atoms with van der Waals surface area (Å²) in [6.45, 7) is 0.0581. The van der Waals surface area contributed by atoms with Gasteiger partial charge in [-0.3, -0.25) is 9.10 Å². The van der Waals surface area contributed by atoms with E-state index in [0.29, 0.717) is 11.5 Å². The van der Waals surface area contributed by atoms with Gasteiger partial charge in [0.15, 0.2) is 17.3 Å². The van der Waals surface area contributed by atoms with Crippen LogP contribution in [0.15, 0.2) is 53.1 Å². The van der Waals surface area contributed by atoms with Gasteiger partial charge in [0.1, 0.15) is 5.70 Å². The van der Waals surface area contributed by atoms with E-state index in [2.05, 4.69) is 0 Å². The van der Waals surface area contributed by atoms with Crippen molar-refractivity contribution in [3.05, 3.63) is 59.3 Å². The zero-order valence-corrected chi connectivity index (χ0v) is 13.9. The second-order valence-corrected chi connectivity index (χ2v) is 7.50. The van der Waals surface area contributed by atoms with Gasteiger partial charge in [-0.15, -0.1) is 0 Å². The minimum atomic E-state index is -3.93. The van der Waals surface area contributed by atoms with Gasteiger partial charge < -0.3 is 14.6 Å². The number of allylic oxidation sites excluding steroid dienone is 1. The highest BCUT2D eigenvalue weighted by molar-refractivity contribution is 7.89. The number of nitrogens with zero attached hydrogens (tertiary/aromatic N) is 1. The van der Waals surface area contributed by atoms with E-state index in [-0.39, 0.29) is 34.3 Å². The van der Waals surface area contributed by atoms with Crippen molar-refractivity contribution in [2.24, 2.45) is 0 Å². The third-order valence-electron chi connectivity index (χ3n) is 4.17. The quantitative estimate of drug-likeness (QED) is 0.826. The van der Waals surface area contributed by atoms with Crippen LogP contribution in [0, 0.1) is 0 Å². The molecule has 0 bridgehead atoms. The molecule has 128 valence electrons. The zero-order chi connectivity index (χ0) is 17.8. The van der Waals surface area contributed by atoms with Crippen LogP contribution in [0.3, 0.4) is 0 Å². The number of fused-ring (bicyclic) bond motifs is 2. The Bertz CT molecular complexity index is 1040. The smallest absolute Gasteiger partial charge is 0.265 e. The van der Waals surface area contributed by atoms with Gasteiger partial charge in [-0.2, -0.15) is 0 Å². The number of aliphatic hydroxyl groups excluding tert-OH is 1. The number of likely N-dealkylation sites (N-methyl/N-ethyl adjacent to an activating group) is 1. The third kappa shape index (κ3) is 2.18. The summed E-state index contributed by atoms with van der Waals surface area (Å²) in [5, 5.41) is 10.5. The van der Waals surface area contributed by atoms with E-state index in [4.69, 9.17) is 9.47 Å². The lowest BCUT2D eigenvalue weighted by atomic mass is 10.0. The highest BCUT2D eigenvalue weighted by Crippen LogP contribution is 2.37. The van der Waals surface area contributed by atoms with E-state index in [1.54, 1.807) is 18.2 Å². The standard InChI is InChI=1S/C17H13NO6S/c1-18-15(16(19)10-6-7-12-13(8-10)24-9-23-12)17(20)11-4-2-3-5-14(11)25(18,21)22/h2-8,20H,9H2,1H3. The molecule has 2 aromatic carbocycles. The van der Waals surface area contributed by atoms with Crippen LogP contribution < -0.4 is 9.47 Å². The van der Waals surface area contributed by atoms with Crippen molar-refractivity contribution in [2.75, 3.05) is 13.8 Å². The van der Waals surface area contributed by atoms with Crippen LogP contribution in [0.4, 0.5) is 0 Å². The second-order valence-electron chi connectivity index (χ2n) is 5.56. The molecular formula is C17H13NO6S. The van der Waals surface area contributed by atoms with E-state index >= 15 is 0 Å². The first-order valence-electron chi connectivity index (χ1n) is 7.37. The van der Waals surface area contributed by atoms with Crippen molar-refractivity contribution in [2.45, 2.75) is 4.90 Å². The Kier molecular flexibility index (Phi) is 3.26. The van der Waals surface area contributed by atoms with Gasteiger partial charge in [-0.25, -0.2) is 8.42 Å². The van der Waals surface area contributed by atoms with Crippen molar-refractivity contribution in [3.63, 3.8) is 0 Å². The lowest BCUT2D eigenvalue weighted by molar-refractivity contribution is 0.101. The van der Waals surface area contributed by atoms with Crippen LogP contribution >= 0.6 is 0 Å². The first kappa shape index (κ1) is 15.5. The lowest BCUT2D eigenvalue weighted by Gasteiger charge is -2.28. The highest BCUT2D eigenvalue weighted by atomic mass is 32.2. The molecule has 0 saturated heterocycles. The van der Waals surface area contributed by atoms with Gasteiger partial charge in [0.05, 0.1) is 4.90 Å². The van der Waals surface area contributed by atoms with Crippen LogP contribution in [-0.2, 0) is 10.0 Å². The van der Waals surface area contributed by atoms with Gasteiger partial charge in [-0.05, 0) is 30.3 Å². The first-order chi connectivity index (χ1) is 11.9.